The van der Waals surface area contributed by atoms with Gasteiger partial charge in [0.15, 0.2) is 0 Å². The van der Waals surface area contributed by atoms with Crippen LogP contribution in [0.1, 0.15) is 44.5 Å². The number of methoxy groups -OCH3 is 1. The molecule has 0 radical (unpaired) electrons. The molecule has 2 aromatic rings. The molecular formula is C20H20Br2N2O4S. The van der Waals surface area contributed by atoms with Gasteiger partial charge >= 0.3 is 5.97 Å². The zero-order valence-electron chi connectivity index (χ0n) is 16.3. The zero-order valence-corrected chi connectivity index (χ0v) is 20.3. The third-order valence-electron chi connectivity index (χ3n) is 5.12. The molecule has 1 aromatic heterocycles. The number of amides is 2. The molecule has 1 aromatic carbocycles. The molecule has 6 nitrogen and oxygen atoms in total. The van der Waals surface area contributed by atoms with E-state index in [1.54, 1.807) is 13.0 Å². The minimum Gasteiger partial charge on any atom is -0.465 e. The summed E-state index contributed by atoms with van der Waals surface area (Å²) in [6.07, 6.45) is 0.602. The van der Waals surface area contributed by atoms with E-state index in [4.69, 9.17) is 4.74 Å². The van der Waals surface area contributed by atoms with E-state index in [2.05, 4.69) is 42.5 Å². The topological polar surface area (TPSA) is 84.5 Å². The Hall–Kier alpha value is -1.71. The number of carbonyl (C=O) groups is 3. The monoisotopic (exact) mass is 542 g/mol. The van der Waals surface area contributed by atoms with Gasteiger partial charge in [-0.05, 0) is 44.4 Å². The Kier molecular flexibility index (Phi) is 5.95. The van der Waals surface area contributed by atoms with Crippen LogP contribution in [0.25, 0.3) is 0 Å². The average molecular weight is 544 g/mol. The number of hydrogen-bond donors (Lipinski definition) is 2. The molecular weight excluding hydrogens is 524 g/mol. The van der Waals surface area contributed by atoms with E-state index in [9.17, 15) is 14.4 Å². The molecule has 1 aliphatic carbocycles. The molecule has 1 aliphatic rings. The van der Waals surface area contributed by atoms with Gasteiger partial charge in [0.05, 0.1) is 26.2 Å². The molecule has 2 N–H and O–H groups in total. The lowest BCUT2D eigenvalue weighted by molar-refractivity contribution is -0.120. The van der Waals surface area contributed by atoms with Crippen molar-refractivity contribution < 1.29 is 19.1 Å². The molecule has 0 bridgehead atoms. The summed E-state index contributed by atoms with van der Waals surface area (Å²) in [5, 5.41) is 5.98. The van der Waals surface area contributed by atoms with Gasteiger partial charge < -0.3 is 15.4 Å². The smallest absolute Gasteiger partial charge is 0.341 e. The van der Waals surface area contributed by atoms with Gasteiger partial charge in [-0.3, -0.25) is 9.59 Å². The van der Waals surface area contributed by atoms with Crippen molar-refractivity contribution in [2.45, 2.75) is 30.4 Å². The van der Waals surface area contributed by atoms with Crippen LogP contribution in [0.15, 0.2) is 24.3 Å². The number of rotatable bonds is 5. The van der Waals surface area contributed by atoms with E-state index in [1.807, 2.05) is 32.0 Å². The highest BCUT2D eigenvalue weighted by Gasteiger charge is 2.66. The number of thiophene rings is 1. The highest BCUT2D eigenvalue weighted by molar-refractivity contribution is 9.25. The quantitative estimate of drug-likeness (QED) is 0.399. The van der Waals surface area contributed by atoms with Crippen molar-refractivity contribution >= 4 is 71.7 Å². The van der Waals surface area contributed by atoms with Crippen molar-refractivity contribution in [1.82, 2.24) is 0 Å². The van der Waals surface area contributed by atoms with Gasteiger partial charge in [-0.25, -0.2) is 4.79 Å². The van der Waals surface area contributed by atoms with Crippen LogP contribution in [0, 0.1) is 19.3 Å². The third-order valence-corrected chi connectivity index (χ3v) is 8.64. The zero-order chi connectivity index (χ0) is 21.6. The first-order valence-corrected chi connectivity index (χ1v) is 11.2. The van der Waals surface area contributed by atoms with Crippen molar-refractivity contribution in [1.29, 1.82) is 0 Å². The molecule has 0 unspecified atom stereocenters. The fourth-order valence-corrected chi connectivity index (χ4v) is 5.51. The number of esters is 1. The normalized spacial score (nSPS) is 19.4. The average Bonchev–Trinajstić information content (AvgIpc) is 3.02. The van der Waals surface area contributed by atoms with Crippen molar-refractivity contribution in [2.75, 3.05) is 17.7 Å². The first-order valence-electron chi connectivity index (χ1n) is 8.80. The Bertz CT molecular complexity index is 1020. The largest absolute Gasteiger partial charge is 0.465 e. The molecule has 0 aliphatic heterocycles. The highest BCUT2D eigenvalue weighted by atomic mass is 79.9. The Morgan fingerprint density at radius 3 is 2.31 bits per heavy atom. The van der Waals surface area contributed by atoms with Gasteiger partial charge in [0.1, 0.15) is 5.00 Å². The number of alkyl halides is 2. The minimum absolute atomic E-state index is 0.194. The second-order valence-electron chi connectivity index (χ2n) is 7.19. The number of benzene rings is 1. The molecule has 1 atom stereocenters. The summed E-state index contributed by atoms with van der Waals surface area (Å²) in [7, 11) is 1.27. The van der Waals surface area contributed by atoms with Gasteiger partial charge in [0, 0.05) is 5.69 Å². The van der Waals surface area contributed by atoms with Gasteiger partial charge in [0.25, 0.3) is 5.91 Å². The van der Waals surface area contributed by atoms with E-state index in [0.717, 1.165) is 16.9 Å². The maximum absolute atomic E-state index is 12.9. The lowest BCUT2D eigenvalue weighted by Crippen LogP contribution is -2.26. The molecule has 9 heteroatoms. The third kappa shape index (κ3) is 4.00. The van der Waals surface area contributed by atoms with Crippen LogP contribution in [-0.4, -0.2) is 28.1 Å². The standard InChI is InChI=1S/C20H20Br2N2O4S/c1-10-7-5-6-8-12(10)23-15(25)14-11(2)13(17(26)28-4)16(29-14)24-18(27)19(3)9-20(19,21)22/h5-8H,9H2,1-4H3,(H,23,25)(H,24,27)/t19-/m1/s1. The van der Waals surface area contributed by atoms with Crippen LogP contribution < -0.4 is 10.6 Å². The molecule has 3 rings (SSSR count). The molecule has 1 fully saturated rings. The summed E-state index contributed by atoms with van der Waals surface area (Å²) in [4.78, 5) is 38.4. The van der Waals surface area contributed by atoms with Crippen molar-refractivity contribution in [2.24, 2.45) is 5.41 Å². The number of nitrogens with one attached hydrogen (secondary N) is 2. The summed E-state index contributed by atoms with van der Waals surface area (Å²) in [6.45, 7) is 5.38. The Labute approximate surface area is 189 Å². The SMILES string of the molecule is COC(=O)c1c(NC(=O)[C@@]2(C)CC2(Br)Br)sc(C(=O)Nc2ccccc2C)c1C. The van der Waals surface area contributed by atoms with Crippen LogP contribution >= 0.6 is 43.2 Å². The van der Waals surface area contributed by atoms with Gasteiger partial charge in [-0.2, -0.15) is 0 Å². The lowest BCUT2D eigenvalue weighted by atomic mass is 10.1. The van der Waals surface area contributed by atoms with Crippen LogP contribution in [0.5, 0.6) is 0 Å². The summed E-state index contributed by atoms with van der Waals surface area (Å²) in [6, 6.07) is 7.42. The Morgan fingerprint density at radius 1 is 1.14 bits per heavy atom. The first-order chi connectivity index (χ1) is 13.5. The second-order valence-corrected chi connectivity index (χ2v) is 12.0. The maximum Gasteiger partial charge on any atom is 0.341 e. The Balaban J connectivity index is 1.93. The number of carbonyl (C=O) groups excluding carboxylic acids is 3. The van der Waals surface area contributed by atoms with Crippen molar-refractivity contribution in [3.05, 3.63) is 45.8 Å². The molecule has 154 valence electrons. The molecule has 2 amide bonds. The number of ether oxygens (including phenoxy) is 1. The van der Waals surface area contributed by atoms with E-state index in [1.165, 1.54) is 7.11 Å². The predicted octanol–water partition coefficient (Wildman–Crippen LogP) is 5.24. The van der Waals surface area contributed by atoms with E-state index in [-0.39, 0.29) is 17.4 Å². The second kappa shape index (κ2) is 7.85. The highest BCUT2D eigenvalue weighted by Crippen LogP contribution is 2.66. The fourth-order valence-electron chi connectivity index (χ4n) is 2.95. The Morgan fingerprint density at radius 2 is 1.76 bits per heavy atom. The van der Waals surface area contributed by atoms with Crippen molar-refractivity contribution in [3.63, 3.8) is 0 Å². The molecule has 1 saturated carbocycles. The van der Waals surface area contributed by atoms with Gasteiger partial charge in [-0.15, -0.1) is 11.3 Å². The summed E-state index contributed by atoms with van der Waals surface area (Å²) < 4.78 is 4.41. The predicted molar refractivity (Wildman–Crippen MR) is 121 cm³/mol. The molecule has 0 saturated heterocycles. The minimum atomic E-state index is -0.665. The molecule has 29 heavy (non-hydrogen) atoms. The van der Waals surface area contributed by atoms with E-state index < -0.39 is 14.6 Å². The van der Waals surface area contributed by atoms with Crippen LogP contribution in [0.2, 0.25) is 0 Å². The number of anilines is 2. The summed E-state index contributed by atoms with van der Waals surface area (Å²) in [5.74, 6) is -1.20. The number of para-hydroxylation sites is 1. The number of aryl methyl sites for hydroxylation is 1. The number of hydrogen-bond acceptors (Lipinski definition) is 5. The first kappa shape index (κ1) is 22.0. The molecule has 0 spiro atoms. The van der Waals surface area contributed by atoms with E-state index in [0.29, 0.717) is 27.5 Å². The van der Waals surface area contributed by atoms with Gasteiger partial charge in [-0.1, -0.05) is 50.1 Å². The maximum atomic E-state index is 12.9. The molecule has 1 heterocycles. The van der Waals surface area contributed by atoms with Crippen molar-refractivity contribution in [3.8, 4) is 0 Å². The lowest BCUT2D eigenvalue weighted by Gasteiger charge is -2.13. The fraction of sp³-hybridized carbons (Fsp3) is 0.350. The summed E-state index contributed by atoms with van der Waals surface area (Å²) in [5.41, 5.74) is 1.60. The van der Waals surface area contributed by atoms with Crippen LogP contribution in [0.4, 0.5) is 10.7 Å². The van der Waals surface area contributed by atoms with Gasteiger partial charge in [0.2, 0.25) is 5.91 Å². The number of halogens is 2. The van der Waals surface area contributed by atoms with E-state index >= 15 is 0 Å². The van der Waals surface area contributed by atoms with Crippen LogP contribution in [0.3, 0.4) is 0 Å². The summed E-state index contributed by atoms with van der Waals surface area (Å²) >= 11 is 8.01. The van der Waals surface area contributed by atoms with Crippen LogP contribution in [-0.2, 0) is 9.53 Å².